The summed E-state index contributed by atoms with van der Waals surface area (Å²) in [5.41, 5.74) is 0.812. The Labute approximate surface area is 169 Å². The van der Waals surface area contributed by atoms with Gasteiger partial charge in [0.25, 0.3) is 5.91 Å². The predicted molar refractivity (Wildman–Crippen MR) is 108 cm³/mol. The second kappa shape index (κ2) is 6.69. The van der Waals surface area contributed by atoms with Crippen LogP contribution in [-0.2, 0) is 9.31 Å². The van der Waals surface area contributed by atoms with Gasteiger partial charge < -0.3 is 24.1 Å². The first kappa shape index (κ1) is 19.1. The molecule has 1 amide bonds. The molecule has 1 saturated heterocycles. The summed E-state index contributed by atoms with van der Waals surface area (Å²) >= 11 is 5.88. The fraction of sp³-hybridized carbons (Fsp3) is 0.350. The van der Waals surface area contributed by atoms with Crippen molar-refractivity contribution in [3.05, 3.63) is 47.0 Å². The van der Waals surface area contributed by atoms with Gasteiger partial charge in [-0.25, -0.2) is 0 Å². The third-order valence-electron chi connectivity index (χ3n) is 5.41. The first-order valence-corrected chi connectivity index (χ1v) is 9.41. The number of ether oxygens (including phenoxy) is 2. The van der Waals surface area contributed by atoms with E-state index in [-0.39, 0.29) is 12.7 Å². The van der Waals surface area contributed by atoms with E-state index >= 15 is 0 Å². The number of fused-ring (bicyclic) bond motifs is 1. The SMILES string of the molecule is CC1(C)OB(c2ccc(NC(=O)c3ccc(Cl)cc3)c3c2OCO3)OC1(C)C. The zero-order valence-electron chi connectivity index (χ0n) is 16.2. The molecular weight excluding hydrogens is 380 g/mol. The highest BCUT2D eigenvalue weighted by Gasteiger charge is 2.53. The monoisotopic (exact) mass is 401 g/mol. The van der Waals surface area contributed by atoms with Gasteiger partial charge >= 0.3 is 7.12 Å². The fourth-order valence-corrected chi connectivity index (χ4v) is 3.19. The zero-order chi connectivity index (χ0) is 20.1. The molecule has 0 unspecified atom stereocenters. The van der Waals surface area contributed by atoms with Crippen LogP contribution in [0.4, 0.5) is 5.69 Å². The van der Waals surface area contributed by atoms with Gasteiger partial charge in [-0.15, -0.1) is 0 Å². The van der Waals surface area contributed by atoms with Crippen LogP contribution < -0.4 is 20.3 Å². The largest absolute Gasteiger partial charge is 0.498 e. The number of amides is 1. The van der Waals surface area contributed by atoms with E-state index < -0.39 is 18.3 Å². The van der Waals surface area contributed by atoms with Crippen LogP contribution >= 0.6 is 11.6 Å². The molecule has 28 heavy (non-hydrogen) atoms. The summed E-state index contributed by atoms with van der Waals surface area (Å²) in [6, 6.07) is 10.3. The Morgan fingerprint density at radius 1 is 0.964 bits per heavy atom. The van der Waals surface area contributed by atoms with E-state index in [1.54, 1.807) is 30.3 Å². The van der Waals surface area contributed by atoms with Crippen LogP contribution in [0.1, 0.15) is 38.1 Å². The van der Waals surface area contributed by atoms with Crippen molar-refractivity contribution >= 4 is 35.8 Å². The van der Waals surface area contributed by atoms with Crippen molar-refractivity contribution in [2.45, 2.75) is 38.9 Å². The Kier molecular flexibility index (Phi) is 4.57. The first-order valence-electron chi connectivity index (χ1n) is 9.03. The fourth-order valence-electron chi connectivity index (χ4n) is 3.07. The second-order valence-electron chi connectivity index (χ2n) is 7.82. The van der Waals surface area contributed by atoms with Crippen molar-refractivity contribution in [3.63, 3.8) is 0 Å². The predicted octanol–water partition coefficient (Wildman–Crippen LogP) is 3.62. The Bertz CT molecular complexity index is 913. The van der Waals surface area contributed by atoms with Crippen molar-refractivity contribution in [2.24, 2.45) is 0 Å². The molecule has 2 aliphatic rings. The summed E-state index contributed by atoms with van der Waals surface area (Å²) in [6.45, 7) is 8.03. The van der Waals surface area contributed by atoms with Gasteiger partial charge in [0.2, 0.25) is 6.79 Å². The maximum absolute atomic E-state index is 12.5. The Morgan fingerprint density at radius 2 is 1.57 bits per heavy atom. The molecule has 2 aromatic carbocycles. The summed E-state index contributed by atoms with van der Waals surface area (Å²) in [6.07, 6.45) is 0. The molecular formula is C20H21BClNO5. The molecule has 0 saturated carbocycles. The van der Waals surface area contributed by atoms with E-state index in [9.17, 15) is 4.79 Å². The van der Waals surface area contributed by atoms with Gasteiger partial charge in [0.05, 0.1) is 16.9 Å². The molecule has 146 valence electrons. The number of anilines is 1. The Morgan fingerprint density at radius 3 is 2.21 bits per heavy atom. The topological polar surface area (TPSA) is 66.0 Å². The highest BCUT2D eigenvalue weighted by Crippen LogP contribution is 2.42. The minimum atomic E-state index is -0.582. The number of nitrogens with one attached hydrogen (secondary N) is 1. The van der Waals surface area contributed by atoms with Crippen molar-refractivity contribution in [2.75, 3.05) is 12.1 Å². The molecule has 6 nitrogen and oxygen atoms in total. The number of benzene rings is 2. The highest BCUT2D eigenvalue weighted by atomic mass is 35.5. The lowest BCUT2D eigenvalue weighted by molar-refractivity contribution is 0.00578. The van der Waals surface area contributed by atoms with E-state index in [1.165, 1.54) is 0 Å². The lowest BCUT2D eigenvalue weighted by atomic mass is 9.78. The molecule has 0 aromatic heterocycles. The first-order chi connectivity index (χ1) is 13.2. The van der Waals surface area contributed by atoms with Gasteiger partial charge in [-0.1, -0.05) is 17.7 Å². The number of carbonyl (C=O) groups is 1. The van der Waals surface area contributed by atoms with Crippen LogP contribution in [0.25, 0.3) is 0 Å². The zero-order valence-corrected chi connectivity index (χ0v) is 16.9. The van der Waals surface area contributed by atoms with Gasteiger partial charge in [-0.2, -0.15) is 0 Å². The van der Waals surface area contributed by atoms with E-state index in [4.69, 9.17) is 30.4 Å². The molecule has 1 N–H and O–H groups in total. The van der Waals surface area contributed by atoms with Crippen LogP contribution in [0, 0.1) is 0 Å². The molecule has 0 atom stereocenters. The Balaban J connectivity index is 1.61. The Hall–Kier alpha value is -2.22. The van der Waals surface area contributed by atoms with Crippen LogP contribution in [0.15, 0.2) is 36.4 Å². The summed E-state index contributed by atoms with van der Waals surface area (Å²) in [7, 11) is -0.582. The molecule has 0 spiro atoms. The van der Waals surface area contributed by atoms with E-state index in [0.29, 0.717) is 27.8 Å². The molecule has 4 rings (SSSR count). The molecule has 0 bridgehead atoms. The molecule has 1 fully saturated rings. The summed E-state index contributed by atoms with van der Waals surface area (Å²) < 4.78 is 23.5. The van der Waals surface area contributed by atoms with Crippen molar-refractivity contribution in [3.8, 4) is 11.5 Å². The van der Waals surface area contributed by atoms with Gasteiger partial charge in [0, 0.05) is 16.0 Å². The molecule has 0 radical (unpaired) electrons. The minimum Gasteiger partial charge on any atom is -0.454 e. The number of carbonyl (C=O) groups excluding carboxylic acids is 1. The van der Waals surface area contributed by atoms with E-state index in [1.807, 2.05) is 33.8 Å². The van der Waals surface area contributed by atoms with Crippen molar-refractivity contribution in [1.29, 1.82) is 0 Å². The lowest BCUT2D eigenvalue weighted by Gasteiger charge is -2.32. The molecule has 2 heterocycles. The van der Waals surface area contributed by atoms with Crippen molar-refractivity contribution < 1.29 is 23.6 Å². The van der Waals surface area contributed by atoms with Crippen LogP contribution in [0.5, 0.6) is 11.5 Å². The van der Waals surface area contributed by atoms with Crippen LogP contribution in [-0.4, -0.2) is 31.0 Å². The summed E-state index contributed by atoms with van der Waals surface area (Å²) in [5.74, 6) is 0.722. The lowest BCUT2D eigenvalue weighted by Crippen LogP contribution is -2.41. The summed E-state index contributed by atoms with van der Waals surface area (Å²) in [4.78, 5) is 12.5. The average molecular weight is 402 g/mol. The van der Waals surface area contributed by atoms with Gasteiger partial charge in [-0.3, -0.25) is 4.79 Å². The molecule has 2 aromatic rings. The van der Waals surface area contributed by atoms with Crippen molar-refractivity contribution in [1.82, 2.24) is 0 Å². The van der Waals surface area contributed by atoms with Gasteiger partial charge in [0.1, 0.15) is 0 Å². The average Bonchev–Trinajstić information content (AvgIpc) is 3.18. The molecule has 8 heteroatoms. The van der Waals surface area contributed by atoms with Gasteiger partial charge in [0.15, 0.2) is 11.5 Å². The third-order valence-corrected chi connectivity index (χ3v) is 5.66. The molecule has 2 aliphatic heterocycles. The summed E-state index contributed by atoms with van der Waals surface area (Å²) in [5, 5.41) is 3.43. The van der Waals surface area contributed by atoms with Crippen LogP contribution in [0.2, 0.25) is 5.02 Å². The number of hydrogen-bond donors (Lipinski definition) is 1. The standard InChI is InChI=1S/C20H21BClNO5/c1-19(2)20(3,4)28-21(27-19)14-9-10-15(17-16(14)25-11-26-17)23-18(24)12-5-7-13(22)8-6-12/h5-10H,11H2,1-4H3,(H,23,24). The number of rotatable bonds is 3. The van der Waals surface area contributed by atoms with Gasteiger partial charge in [-0.05, 0) is 58.0 Å². The number of halogens is 1. The normalized spacial score (nSPS) is 19.0. The maximum Gasteiger partial charge on any atom is 0.498 e. The highest BCUT2D eigenvalue weighted by molar-refractivity contribution is 6.63. The third kappa shape index (κ3) is 3.23. The second-order valence-corrected chi connectivity index (χ2v) is 8.25. The quantitative estimate of drug-likeness (QED) is 0.796. The van der Waals surface area contributed by atoms with E-state index in [0.717, 1.165) is 5.46 Å². The maximum atomic E-state index is 12.5. The molecule has 0 aliphatic carbocycles. The van der Waals surface area contributed by atoms with E-state index in [2.05, 4.69) is 5.32 Å². The number of hydrogen-bond acceptors (Lipinski definition) is 5. The smallest absolute Gasteiger partial charge is 0.454 e. The van der Waals surface area contributed by atoms with Crippen LogP contribution in [0.3, 0.4) is 0 Å². The minimum absolute atomic E-state index is 0.0651.